The van der Waals surface area contributed by atoms with Crippen LogP contribution in [-0.2, 0) is 11.3 Å². The Hall–Kier alpha value is -2.24. The predicted molar refractivity (Wildman–Crippen MR) is 65.5 cm³/mol. The smallest absolute Gasteiger partial charge is 0.315 e. The number of hydrogen-bond acceptors (Lipinski definition) is 3. The third-order valence-electron chi connectivity index (χ3n) is 2.26. The number of para-hydroxylation sites is 1. The SMILES string of the molecule is COc1ccccc1CNC(=O)NCCC(=O)O. The quantitative estimate of drug-likeness (QED) is 0.704. The van der Waals surface area contributed by atoms with Crippen molar-refractivity contribution in [3.05, 3.63) is 29.8 Å². The van der Waals surface area contributed by atoms with Gasteiger partial charge in [0.2, 0.25) is 0 Å². The molecule has 1 aromatic carbocycles. The molecule has 1 aromatic rings. The third kappa shape index (κ3) is 4.73. The molecule has 0 aliphatic rings. The number of carbonyl (C=O) groups is 2. The van der Waals surface area contributed by atoms with Gasteiger partial charge in [0.15, 0.2) is 0 Å². The first-order valence-electron chi connectivity index (χ1n) is 5.49. The number of amides is 2. The zero-order valence-corrected chi connectivity index (χ0v) is 10.1. The van der Waals surface area contributed by atoms with Gasteiger partial charge in [-0.2, -0.15) is 0 Å². The molecule has 6 nitrogen and oxygen atoms in total. The fraction of sp³-hybridized carbons (Fsp3) is 0.333. The van der Waals surface area contributed by atoms with E-state index in [9.17, 15) is 9.59 Å². The van der Waals surface area contributed by atoms with E-state index in [4.69, 9.17) is 9.84 Å². The van der Waals surface area contributed by atoms with Crippen molar-refractivity contribution >= 4 is 12.0 Å². The van der Waals surface area contributed by atoms with Gasteiger partial charge >= 0.3 is 12.0 Å². The summed E-state index contributed by atoms with van der Waals surface area (Å²) in [5, 5.41) is 13.5. The van der Waals surface area contributed by atoms with Gasteiger partial charge in [-0.25, -0.2) is 4.79 Å². The van der Waals surface area contributed by atoms with Crippen LogP contribution in [0.15, 0.2) is 24.3 Å². The molecule has 0 aliphatic heterocycles. The Morgan fingerprint density at radius 1 is 1.28 bits per heavy atom. The summed E-state index contributed by atoms with van der Waals surface area (Å²) in [5.74, 6) is -0.247. The Bertz CT molecular complexity index is 420. The summed E-state index contributed by atoms with van der Waals surface area (Å²) < 4.78 is 5.14. The van der Waals surface area contributed by atoms with Crippen LogP contribution in [0.25, 0.3) is 0 Å². The summed E-state index contributed by atoms with van der Waals surface area (Å²) in [4.78, 5) is 21.6. The number of carboxylic acids is 1. The molecule has 1 rings (SSSR count). The van der Waals surface area contributed by atoms with Gasteiger partial charge in [0.05, 0.1) is 13.5 Å². The fourth-order valence-electron chi connectivity index (χ4n) is 1.37. The predicted octanol–water partition coefficient (Wildman–Crippen LogP) is 0.969. The highest BCUT2D eigenvalue weighted by atomic mass is 16.5. The maximum absolute atomic E-state index is 11.3. The molecule has 0 saturated carbocycles. The minimum atomic E-state index is -0.944. The molecular weight excluding hydrogens is 236 g/mol. The van der Waals surface area contributed by atoms with Crippen LogP contribution in [0.1, 0.15) is 12.0 Å². The molecule has 2 amide bonds. The van der Waals surface area contributed by atoms with Gasteiger partial charge in [0, 0.05) is 18.7 Å². The summed E-state index contributed by atoms with van der Waals surface area (Å²) in [6.07, 6.45) is -0.0952. The summed E-state index contributed by atoms with van der Waals surface area (Å²) in [6, 6.07) is 6.94. The second-order valence-electron chi connectivity index (χ2n) is 3.57. The Labute approximate surface area is 105 Å². The lowest BCUT2D eigenvalue weighted by Gasteiger charge is -2.10. The van der Waals surface area contributed by atoms with E-state index in [-0.39, 0.29) is 13.0 Å². The van der Waals surface area contributed by atoms with Crippen molar-refractivity contribution in [2.75, 3.05) is 13.7 Å². The Kier molecular flexibility index (Phi) is 5.50. The van der Waals surface area contributed by atoms with Gasteiger partial charge in [0.25, 0.3) is 0 Å². The van der Waals surface area contributed by atoms with Crippen LogP contribution in [0.4, 0.5) is 4.79 Å². The first-order valence-corrected chi connectivity index (χ1v) is 5.49. The van der Waals surface area contributed by atoms with Crippen molar-refractivity contribution in [1.82, 2.24) is 10.6 Å². The number of carbonyl (C=O) groups excluding carboxylic acids is 1. The maximum atomic E-state index is 11.3. The van der Waals surface area contributed by atoms with Gasteiger partial charge < -0.3 is 20.5 Å². The van der Waals surface area contributed by atoms with Gasteiger partial charge in [-0.3, -0.25) is 4.79 Å². The molecule has 0 aliphatic carbocycles. The second kappa shape index (κ2) is 7.16. The van der Waals surface area contributed by atoms with Gasteiger partial charge in [-0.05, 0) is 6.07 Å². The van der Waals surface area contributed by atoms with E-state index >= 15 is 0 Å². The average molecular weight is 252 g/mol. The molecule has 18 heavy (non-hydrogen) atoms. The molecule has 0 aromatic heterocycles. The van der Waals surface area contributed by atoms with Crippen LogP contribution in [0.5, 0.6) is 5.75 Å². The van der Waals surface area contributed by atoms with Crippen molar-refractivity contribution in [2.24, 2.45) is 0 Å². The first-order chi connectivity index (χ1) is 8.63. The van der Waals surface area contributed by atoms with Gasteiger partial charge in [-0.15, -0.1) is 0 Å². The zero-order valence-electron chi connectivity index (χ0n) is 10.1. The van der Waals surface area contributed by atoms with E-state index in [1.807, 2.05) is 18.2 Å². The van der Waals surface area contributed by atoms with Crippen LogP contribution in [0, 0.1) is 0 Å². The lowest BCUT2D eigenvalue weighted by atomic mass is 10.2. The minimum absolute atomic E-state index is 0.0952. The van der Waals surface area contributed by atoms with Crippen molar-refractivity contribution in [1.29, 1.82) is 0 Å². The second-order valence-corrected chi connectivity index (χ2v) is 3.57. The molecule has 0 heterocycles. The highest BCUT2D eigenvalue weighted by Gasteiger charge is 2.04. The molecule has 0 atom stereocenters. The van der Waals surface area contributed by atoms with Crippen molar-refractivity contribution in [3.63, 3.8) is 0 Å². The number of rotatable bonds is 6. The average Bonchev–Trinajstić information content (AvgIpc) is 2.36. The van der Waals surface area contributed by atoms with Crippen LogP contribution in [0.2, 0.25) is 0 Å². The van der Waals surface area contributed by atoms with E-state index in [1.165, 1.54) is 0 Å². The summed E-state index contributed by atoms with van der Waals surface area (Å²) in [7, 11) is 1.56. The summed E-state index contributed by atoms with van der Waals surface area (Å²) in [6.45, 7) is 0.427. The van der Waals surface area contributed by atoms with E-state index in [1.54, 1.807) is 13.2 Å². The summed E-state index contributed by atoms with van der Waals surface area (Å²) in [5.41, 5.74) is 0.855. The van der Waals surface area contributed by atoms with Crippen LogP contribution in [-0.4, -0.2) is 30.8 Å². The topological polar surface area (TPSA) is 87.7 Å². The third-order valence-corrected chi connectivity index (χ3v) is 2.26. The lowest BCUT2D eigenvalue weighted by Crippen LogP contribution is -2.36. The Balaban J connectivity index is 2.35. The first kappa shape index (κ1) is 13.8. The maximum Gasteiger partial charge on any atom is 0.315 e. The molecule has 6 heteroatoms. The normalized spacial score (nSPS) is 9.61. The number of benzene rings is 1. The number of ether oxygens (including phenoxy) is 1. The standard InChI is InChI=1S/C12H16N2O4/c1-18-10-5-3-2-4-9(10)8-14-12(17)13-7-6-11(15)16/h2-5H,6-8H2,1H3,(H,15,16)(H2,13,14,17). The van der Waals surface area contributed by atoms with E-state index < -0.39 is 12.0 Å². The van der Waals surface area contributed by atoms with Crippen molar-refractivity contribution in [3.8, 4) is 5.75 Å². The highest BCUT2D eigenvalue weighted by molar-refractivity contribution is 5.75. The molecular formula is C12H16N2O4. The lowest BCUT2D eigenvalue weighted by molar-refractivity contribution is -0.136. The number of nitrogens with one attached hydrogen (secondary N) is 2. The van der Waals surface area contributed by atoms with Gasteiger partial charge in [0.1, 0.15) is 5.75 Å². The molecule has 0 saturated heterocycles. The number of carboxylic acid groups (broad SMARTS) is 1. The molecule has 3 N–H and O–H groups in total. The minimum Gasteiger partial charge on any atom is -0.496 e. The Morgan fingerprint density at radius 3 is 2.67 bits per heavy atom. The highest BCUT2D eigenvalue weighted by Crippen LogP contribution is 2.16. The van der Waals surface area contributed by atoms with Crippen LogP contribution >= 0.6 is 0 Å². The number of methoxy groups -OCH3 is 1. The number of hydrogen-bond donors (Lipinski definition) is 3. The monoisotopic (exact) mass is 252 g/mol. The molecule has 0 fully saturated rings. The largest absolute Gasteiger partial charge is 0.496 e. The van der Waals surface area contributed by atoms with E-state index in [0.717, 1.165) is 5.56 Å². The van der Waals surface area contributed by atoms with Crippen molar-refractivity contribution < 1.29 is 19.4 Å². The number of aliphatic carboxylic acids is 1. The van der Waals surface area contributed by atoms with Crippen molar-refractivity contribution in [2.45, 2.75) is 13.0 Å². The summed E-state index contributed by atoms with van der Waals surface area (Å²) >= 11 is 0. The molecule has 0 spiro atoms. The van der Waals surface area contributed by atoms with Crippen LogP contribution < -0.4 is 15.4 Å². The van der Waals surface area contributed by atoms with Gasteiger partial charge in [-0.1, -0.05) is 18.2 Å². The molecule has 0 radical (unpaired) electrons. The fourth-order valence-corrected chi connectivity index (χ4v) is 1.37. The number of urea groups is 1. The van der Waals surface area contributed by atoms with E-state index in [2.05, 4.69) is 10.6 Å². The molecule has 98 valence electrons. The molecule has 0 unspecified atom stereocenters. The molecule has 0 bridgehead atoms. The van der Waals surface area contributed by atoms with E-state index in [0.29, 0.717) is 12.3 Å². The Morgan fingerprint density at radius 2 is 2.00 bits per heavy atom. The zero-order chi connectivity index (χ0) is 13.4. The van der Waals surface area contributed by atoms with Crippen LogP contribution in [0.3, 0.4) is 0 Å².